The first-order chi connectivity index (χ1) is 12.5. The number of benzene rings is 1. The van der Waals surface area contributed by atoms with Gasteiger partial charge in [-0.1, -0.05) is 30.7 Å². The summed E-state index contributed by atoms with van der Waals surface area (Å²) in [5.41, 5.74) is 3.34. The van der Waals surface area contributed by atoms with Gasteiger partial charge >= 0.3 is 0 Å². The second-order valence-electron chi connectivity index (χ2n) is 7.75. The van der Waals surface area contributed by atoms with Crippen molar-refractivity contribution in [2.24, 2.45) is 18.9 Å². The van der Waals surface area contributed by atoms with Crippen molar-refractivity contribution < 1.29 is 4.39 Å². The Morgan fingerprint density at radius 2 is 2.00 bits per heavy atom. The van der Waals surface area contributed by atoms with Gasteiger partial charge in [-0.15, -0.1) is 12.4 Å². The summed E-state index contributed by atoms with van der Waals surface area (Å²) in [4.78, 5) is 4.88. The van der Waals surface area contributed by atoms with Gasteiger partial charge in [-0.3, -0.25) is 14.5 Å². The molecular formula is C20H27Cl2FN4. The van der Waals surface area contributed by atoms with E-state index in [0.717, 1.165) is 54.6 Å². The number of halogens is 3. The fraction of sp³-hybridized carbons (Fsp3) is 0.550. The number of nitrogens with zero attached hydrogens (tertiary/aromatic N) is 4. The highest BCUT2D eigenvalue weighted by atomic mass is 35.5. The first kappa shape index (κ1) is 20.6. The van der Waals surface area contributed by atoms with Crippen molar-refractivity contribution in [3.05, 3.63) is 52.1 Å². The van der Waals surface area contributed by atoms with Crippen molar-refractivity contribution >= 4 is 24.0 Å². The lowest BCUT2D eigenvalue weighted by Crippen LogP contribution is -2.29. The Bertz CT molecular complexity index is 809. The summed E-state index contributed by atoms with van der Waals surface area (Å²) < 4.78 is 15.5. The van der Waals surface area contributed by atoms with Gasteiger partial charge in [0.05, 0.1) is 5.69 Å². The maximum Gasteiger partial charge on any atom is 0.131 e. The van der Waals surface area contributed by atoms with Crippen LogP contribution in [0, 0.1) is 17.7 Å². The third kappa shape index (κ3) is 3.75. The molecule has 2 aliphatic rings. The van der Waals surface area contributed by atoms with Crippen LogP contribution in [0.3, 0.4) is 0 Å². The molecular weight excluding hydrogens is 386 g/mol. The molecule has 0 aliphatic carbocycles. The normalized spacial score (nSPS) is 25.6. The van der Waals surface area contributed by atoms with Crippen LogP contribution >= 0.6 is 24.0 Å². The van der Waals surface area contributed by atoms with Crippen molar-refractivity contribution in [1.82, 2.24) is 19.6 Å². The van der Waals surface area contributed by atoms with Gasteiger partial charge < -0.3 is 0 Å². The molecule has 148 valence electrons. The molecule has 0 radical (unpaired) electrons. The zero-order chi connectivity index (χ0) is 18.4. The summed E-state index contributed by atoms with van der Waals surface area (Å²) in [5.74, 6) is 1.00. The second kappa shape index (κ2) is 8.08. The minimum atomic E-state index is -0.149. The molecule has 0 saturated carbocycles. The summed E-state index contributed by atoms with van der Waals surface area (Å²) in [7, 11) is 4.06. The van der Waals surface area contributed by atoms with Gasteiger partial charge in [-0.2, -0.15) is 5.10 Å². The number of rotatable bonds is 4. The van der Waals surface area contributed by atoms with Crippen molar-refractivity contribution in [1.29, 1.82) is 0 Å². The Morgan fingerprint density at radius 3 is 2.70 bits per heavy atom. The van der Waals surface area contributed by atoms with Crippen LogP contribution in [0.25, 0.3) is 0 Å². The first-order valence-electron chi connectivity index (χ1n) is 9.36. The van der Waals surface area contributed by atoms with Crippen LogP contribution in [-0.2, 0) is 20.0 Å². The Kier molecular flexibility index (Phi) is 6.16. The third-order valence-corrected chi connectivity index (χ3v) is 6.50. The van der Waals surface area contributed by atoms with Crippen LogP contribution in [0.4, 0.5) is 4.39 Å². The maximum atomic E-state index is 13.7. The number of aryl methyl sites for hydroxylation is 2. The smallest absolute Gasteiger partial charge is 0.131 e. The molecule has 0 N–H and O–H groups in total. The Morgan fingerprint density at radius 1 is 1.22 bits per heavy atom. The third-order valence-electron chi connectivity index (χ3n) is 6.03. The van der Waals surface area contributed by atoms with Gasteiger partial charge in [0.25, 0.3) is 0 Å². The highest BCUT2D eigenvalue weighted by molar-refractivity contribution is 6.30. The summed E-state index contributed by atoms with van der Waals surface area (Å²) in [5, 5.41) is 5.28. The van der Waals surface area contributed by atoms with E-state index in [-0.39, 0.29) is 24.3 Å². The highest BCUT2D eigenvalue weighted by Crippen LogP contribution is 2.44. The average Bonchev–Trinajstić information content (AvgIpc) is 3.20. The lowest BCUT2D eigenvalue weighted by molar-refractivity contribution is 0.224. The zero-order valence-electron chi connectivity index (χ0n) is 16.0. The molecule has 2 fully saturated rings. The fourth-order valence-electron chi connectivity index (χ4n) is 4.94. The number of likely N-dealkylation sites (tertiary alicyclic amines) is 2. The molecule has 1 aromatic heterocycles. The van der Waals surface area contributed by atoms with E-state index < -0.39 is 0 Å². The number of aromatic nitrogens is 2. The molecule has 27 heavy (non-hydrogen) atoms. The van der Waals surface area contributed by atoms with Crippen LogP contribution < -0.4 is 0 Å². The first-order valence-corrected chi connectivity index (χ1v) is 9.74. The number of hydrogen-bond acceptors (Lipinski definition) is 3. The lowest BCUT2D eigenvalue weighted by Gasteiger charge is -2.27. The van der Waals surface area contributed by atoms with Gasteiger partial charge in [-0.05, 0) is 43.0 Å². The maximum absolute atomic E-state index is 13.7. The minimum Gasteiger partial charge on any atom is -0.299 e. The standard InChI is InChI=1S/C20H26ClFN4.ClH/c1-4-18-17(20(21)25(3)23-18)12-26-10-14-9-24(2)19(16(14)11-26)13-6-5-7-15(22)8-13;/h5-8,14,16,19H,4,9-12H2,1-3H3;1H/t14-,16+,19-;/m0./s1. The molecule has 0 unspecified atom stereocenters. The van der Waals surface area contributed by atoms with Gasteiger partial charge in [0, 0.05) is 44.8 Å². The molecule has 2 aliphatic heterocycles. The van der Waals surface area contributed by atoms with Crippen LogP contribution in [0.2, 0.25) is 5.15 Å². The molecule has 4 nitrogen and oxygen atoms in total. The molecule has 0 spiro atoms. The molecule has 7 heteroatoms. The second-order valence-corrected chi connectivity index (χ2v) is 8.11. The molecule has 3 atom stereocenters. The Hall–Kier alpha value is -1.14. The summed E-state index contributed by atoms with van der Waals surface area (Å²) in [6.07, 6.45) is 0.894. The number of hydrogen-bond donors (Lipinski definition) is 0. The highest BCUT2D eigenvalue weighted by Gasteiger charge is 2.46. The molecule has 0 bridgehead atoms. The minimum absolute atomic E-state index is 0. The van der Waals surface area contributed by atoms with E-state index in [1.54, 1.807) is 10.7 Å². The van der Waals surface area contributed by atoms with Gasteiger partial charge in [0.2, 0.25) is 0 Å². The zero-order valence-corrected chi connectivity index (χ0v) is 17.6. The van der Waals surface area contributed by atoms with Crippen LogP contribution in [0.15, 0.2) is 24.3 Å². The largest absolute Gasteiger partial charge is 0.299 e. The van der Waals surface area contributed by atoms with Gasteiger partial charge in [0.15, 0.2) is 0 Å². The molecule has 1 aromatic carbocycles. The Labute approximate surface area is 171 Å². The van der Waals surface area contributed by atoms with Crippen LogP contribution in [0.5, 0.6) is 0 Å². The van der Waals surface area contributed by atoms with E-state index in [2.05, 4.69) is 34.9 Å². The van der Waals surface area contributed by atoms with E-state index >= 15 is 0 Å². The summed E-state index contributed by atoms with van der Waals surface area (Å²) in [6, 6.07) is 7.38. The van der Waals surface area contributed by atoms with Gasteiger partial charge in [0.1, 0.15) is 11.0 Å². The monoisotopic (exact) mass is 412 g/mol. The quantitative estimate of drug-likeness (QED) is 0.759. The van der Waals surface area contributed by atoms with E-state index in [9.17, 15) is 4.39 Å². The predicted octanol–water partition coefficient (Wildman–Crippen LogP) is 3.93. The van der Waals surface area contributed by atoms with E-state index in [1.165, 1.54) is 6.07 Å². The fourth-order valence-corrected chi connectivity index (χ4v) is 5.14. The predicted molar refractivity (Wildman–Crippen MR) is 109 cm³/mol. The van der Waals surface area contributed by atoms with Crippen molar-refractivity contribution in [3.63, 3.8) is 0 Å². The van der Waals surface area contributed by atoms with Crippen LogP contribution in [-0.4, -0.2) is 46.3 Å². The summed E-state index contributed by atoms with van der Waals surface area (Å²) in [6.45, 7) is 6.11. The van der Waals surface area contributed by atoms with Gasteiger partial charge in [-0.25, -0.2) is 4.39 Å². The number of fused-ring (bicyclic) bond motifs is 1. The van der Waals surface area contributed by atoms with E-state index in [4.69, 9.17) is 11.6 Å². The average molecular weight is 413 g/mol. The summed E-state index contributed by atoms with van der Waals surface area (Å²) >= 11 is 6.48. The Balaban J connectivity index is 0.00000210. The van der Waals surface area contributed by atoms with Crippen molar-refractivity contribution in [2.75, 3.05) is 26.7 Å². The van der Waals surface area contributed by atoms with Crippen molar-refractivity contribution in [3.8, 4) is 0 Å². The molecule has 2 aromatic rings. The van der Waals surface area contributed by atoms with E-state index in [1.807, 2.05) is 13.1 Å². The molecule has 2 saturated heterocycles. The molecule has 0 amide bonds. The topological polar surface area (TPSA) is 24.3 Å². The molecule has 3 heterocycles. The SMILES string of the molecule is CCc1nn(C)c(Cl)c1CN1C[C@@H]2CN(C)[C@@H](c3cccc(F)c3)[C@@H]2C1.Cl. The van der Waals surface area contributed by atoms with E-state index in [0.29, 0.717) is 11.8 Å². The van der Waals surface area contributed by atoms with Crippen molar-refractivity contribution in [2.45, 2.75) is 25.9 Å². The molecule has 4 rings (SSSR count). The van der Waals surface area contributed by atoms with Crippen LogP contribution in [0.1, 0.15) is 29.8 Å². The lowest BCUT2D eigenvalue weighted by atomic mass is 9.89.